The lowest BCUT2D eigenvalue weighted by Crippen LogP contribution is -2.39. The highest BCUT2D eigenvalue weighted by atomic mass is 16.6. The third-order valence-corrected chi connectivity index (χ3v) is 3.03. The Labute approximate surface area is 108 Å². The van der Waals surface area contributed by atoms with Crippen molar-refractivity contribution < 1.29 is 19.4 Å². The fourth-order valence-corrected chi connectivity index (χ4v) is 2.15. The molecule has 1 rings (SSSR count). The molecule has 0 amide bonds. The Bertz CT molecular complexity index is 301. The van der Waals surface area contributed by atoms with E-state index in [0.717, 1.165) is 12.8 Å². The maximum absolute atomic E-state index is 11.5. The van der Waals surface area contributed by atoms with Crippen LogP contribution in [0.4, 0.5) is 0 Å². The van der Waals surface area contributed by atoms with Crippen molar-refractivity contribution in [2.45, 2.75) is 58.1 Å². The van der Waals surface area contributed by atoms with E-state index in [0.29, 0.717) is 12.8 Å². The molecule has 1 aliphatic carbocycles. The van der Waals surface area contributed by atoms with Crippen LogP contribution in [-0.2, 0) is 14.3 Å². The van der Waals surface area contributed by atoms with Crippen LogP contribution in [0.2, 0.25) is 0 Å². The van der Waals surface area contributed by atoms with Gasteiger partial charge in [-0.05, 0) is 46.5 Å². The monoisotopic (exact) mass is 257 g/mol. The first-order chi connectivity index (χ1) is 8.28. The molecule has 0 aromatic heterocycles. The first kappa shape index (κ1) is 15.0. The van der Waals surface area contributed by atoms with Crippen molar-refractivity contribution in [3.05, 3.63) is 0 Å². The number of carbonyl (C=O) groups is 2. The van der Waals surface area contributed by atoms with E-state index in [2.05, 4.69) is 5.32 Å². The third-order valence-electron chi connectivity index (χ3n) is 3.03. The molecular formula is C13H23NO4. The maximum atomic E-state index is 11.5. The van der Waals surface area contributed by atoms with Crippen molar-refractivity contribution in [3.8, 4) is 0 Å². The number of aliphatic carboxylic acids is 1. The van der Waals surface area contributed by atoms with Crippen molar-refractivity contribution in [3.63, 3.8) is 0 Å². The lowest BCUT2D eigenvalue weighted by atomic mass is 9.86. The van der Waals surface area contributed by atoms with Gasteiger partial charge in [0.1, 0.15) is 5.60 Å². The van der Waals surface area contributed by atoms with Crippen LogP contribution in [0.15, 0.2) is 0 Å². The number of esters is 1. The molecule has 5 heteroatoms. The molecule has 0 radical (unpaired) electrons. The van der Waals surface area contributed by atoms with E-state index in [9.17, 15) is 9.59 Å². The summed E-state index contributed by atoms with van der Waals surface area (Å²) in [5.74, 6) is -1.19. The zero-order valence-corrected chi connectivity index (χ0v) is 11.4. The normalized spacial score (nSPS) is 24.6. The number of carbonyl (C=O) groups excluding carboxylic acids is 1. The van der Waals surface area contributed by atoms with Crippen LogP contribution in [0.25, 0.3) is 0 Å². The van der Waals surface area contributed by atoms with Crippen molar-refractivity contribution >= 4 is 11.9 Å². The fraction of sp³-hybridized carbons (Fsp3) is 0.846. The SMILES string of the molecule is CC(C)(C)OC(=O)CN[C@H]1CC[C@@H](C(=O)O)CC1. The predicted octanol–water partition coefficient (Wildman–Crippen LogP) is 1.56. The molecular weight excluding hydrogens is 234 g/mol. The summed E-state index contributed by atoms with van der Waals surface area (Å²) in [5.41, 5.74) is -0.459. The second-order valence-electron chi connectivity index (χ2n) is 5.85. The Balaban J connectivity index is 2.22. The second kappa shape index (κ2) is 6.18. The zero-order valence-electron chi connectivity index (χ0n) is 11.4. The fourth-order valence-electron chi connectivity index (χ4n) is 2.15. The van der Waals surface area contributed by atoms with E-state index in [4.69, 9.17) is 9.84 Å². The quantitative estimate of drug-likeness (QED) is 0.747. The van der Waals surface area contributed by atoms with Gasteiger partial charge >= 0.3 is 11.9 Å². The van der Waals surface area contributed by atoms with Gasteiger partial charge in [-0.2, -0.15) is 0 Å². The van der Waals surface area contributed by atoms with Gasteiger partial charge in [0.25, 0.3) is 0 Å². The van der Waals surface area contributed by atoms with Gasteiger partial charge in [0.2, 0.25) is 0 Å². The number of hydrogen-bond acceptors (Lipinski definition) is 4. The molecule has 0 aliphatic heterocycles. The standard InChI is InChI=1S/C13H23NO4/c1-13(2,3)18-11(15)8-14-10-6-4-9(5-7-10)12(16)17/h9-10,14H,4-8H2,1-3H3,(H,16,17)/t9-,10+. The predicted molar refractivity (Wildman–Crippen MR) is 67.2 cm³/mol. The maximum Gasteiger partial charge on any atom is 0.320 e. The number of rotatable bonds is 4. The van der Waals surface area contributed by atoms with Crippen LogP contribution < -0.4 is 5.32 Å². The van der Waals surface area contributed by atoms with Gasteiger partial charge in [0, 0.05) is 6.04 Å². The summed E-state index contributed by atoms with van der Waals surface area (Å²) in [6.07, 6.45) is 2.97. The molecule has 0 bridgehead atoms. The van der Waals surface area contributed by atoms with Gasteiger partial charge in [-0.15, -0.1) is 0 Å². The molecule has 104 valence electrons. The van der Waals surface area contributed by atoms with Gasteiger partial charge in [-0.3, -0.25) is 9.59 Å². The van der Waals surface area contributed by atoms with E-state index >= 15 is 0 Å². The minimum Gasteiger partial charge on any atom is -0.481 e. The van der Waals surface area contributed by atoms with Crippen LogP contribution in [0.5, 0.6) is 0 Å². The average molecular weight is 257 g/mol. The van der Waals surface area contributed by atoms with Crippen LogP contribution >= 0.6 is 0 Å². The Hall–Kier alpha value is -1.10. The summed E-state index contributed by atoms with van der Waals surface area (Å²) < 4.78 is 5.19. The Morgan fingerprint density at radius 1 is 1.22 bits per heavy atom. The summed E-state index contributed by atoms with van der Waals surface area (Å²) in [6, 6.07) is 0.230. The van der Waals surface area contributed by atoms with E-state index in [1.54, 1.807) is 0 Å². The summed E-state index contributed by atoms with van der Waals surface area (Å²) in [6.45, 7) is 5.70. The van der Waals surface area contributed by atoms with Crippen molar-refractivity contribution in [1.82, 2.24) is 5.32 Å². The highest BCUT2D eigenvalue weighted by molar-refractivity contribution is 5.72. The Morgan fingerprint density at radius 3 is 2.22 bits per heavy atom. The summed E-state index contributed by atoms with van der Waals surface area (Å²) in [4.78, 5) is 22.3. The molecule has 0 spiro atoms. The number of carboxylic acids is 1. The number of carboxylic acid groups (broad SMARTS) is 1. The molecule has 1 saturated carbocycles. The van der Waals surface area contributed by atoms with Gasteiger partial charge in [0.15, 0.2) is 0 Å². The lowest BCUT2D eigenvalue weighted by Gasteiger charge is -2.27. The van der Waals surface area contributed by atoms with E-state index in [-0.39, 0.29) is 24.5 Å². The average Bonchev–Trinajstić information content (AvgIpc) is 2.24. The smallest absolute Gasteiger partial charge is 0.320 e. The Morgan fingerprint density at radius 2 is 1.78 bits per heavy atom. The largest absolute Gasteiger partial charge is 0.481 e. The molecule has 5 nitrogen and oxygen atoms in total. The van der Waals surface area contributed by atoms with Gasteiger partial charge in [0.05, 0.1) is 12.5 Å². The van der Waals surface area contributed by atoms with Gasteiger partial charge in [-0.1, -0.05) is 0 Å². The molecule has 18 heavy (non-hydrogen) atoms. The highest BCUT2D eigenvalue weighted by Gasteiger charge is 2.26. The van der Waals surface area contributed by atoms with E-state index in [1.807, 2.05) is 20.8 Å². The van der Waals surface area contributed by atoms with Crippen molar-refractivity contribution in [2.75, 3.05) is 6.54 Å². The molecule has 0 aromatic carbocycles. The summed E-state index contributed by atoms with van der Waals surface area (Å²) in [7, 11) is 0. The van der Waals surface area contributed by atoms with Crippen LogP contribution in [0.3, 0.4) is 0 Å². The first-order valence-electron chi connectivity index (χ1n) is 6.46. The second-order valence-corrected chi connectivity index (χ2v) is 5.85. The number of hydrogen-bond donors (Lipinski definition) is 2. The summed E-state index contributed by atoms with van der Waals surface area (Å²) in [5, 5.41) is 12.0. The third kappa shape index (κ3) is 5.49. The van der Waals surface area contributed by atoms with Crippen molar-refractivity contribution in [1.29, 1.82) is 0 Å². The molecule has 2 N–H and O–H groups in total. The molecule has 0 heterocycles. The molecule has 0 saturated heterocycles. The van der Waals surface area contributed by atoms with Crippen LogP contribution in [0.1, 0.15) is 46.5 Å². The van der Waals surface area contributed by atoms with E-state index < -0.39 is 11.6 Å². The van der Waals surface area contributed by atoms with Crippen LogP contribution in [-0.4, -0.2) is 35.2 Å². The zero-order chi connectivity index (χ0) is 13.8. The number of nitrogens with one attached hydrogen (secondary N) is 1. The highest BCUT2D eigenvalue weighted by Crippen LogP contribution is 2.24. The van der Waals surface area contributed by atoms with E-state index in [1.165, 1.54) is 0 Å². The molecule has 1 fully saturated rings. The van der Waals surface area contributed by atoms with Crippen molar-refractivity contribution in [2.24, 2.45) is 5.92 Å². The number of ether oxygens (including phenoxy) is 1. The molecule has 0 unspecified atom stereocenters. The Kier molecular flexibility index (Phi) is 5.14. The molecule has 0 atom stereocenters. The summed E-state index contributed by atoms with van der Waals surface area (Å²) >= 11 is 0. The molecule has 0 aromatic rings. The van der Waals surface area contributed by atoms with Gasteiger partial charge in [-0.25, -0.2) is 0 Å². The first-order valence-corrected chi connectivity index (χ1v) is 6.46. The minimum absolute atomic E-state index is 0.194. The topological polar surface area (TPSA) is 75.6 Å². The van der Waals surface area contributed by atoms with Gasteiger partial charge < -0.3 is 15.2 Å². The lowest BCUT2D eigenvalue weighted by molar-refractivity contribution is -0.154. The molecule has 1 aliphatic rings. The minimum atomic E-state index is -0.708. The van der Waals surface area contributed by atoms with Crippen LogP contribution in [0, 0.1) is 5.92 Å².